The molecule has 3 aromatic rings. The molecule has 1 N–H and O–H groups in total. The first-order chi connectivity index (χ1) is 8.38. The van der Waals surface area contributed by atoms with Gasteiger partial charge < -0.3 is 9.73 Å². The van der Waals surface area contributed by atoms with Crippen LogP contribution in [0.25, 0.3) is 16.8 Å². The Morgan fingerprint density at radius 2 is 2.29 bits per heavy atom. The maximum atomic E-state index is 5.65. The van der Waals surface area contributed by atoms with Crippen LogP contribution >= 0.6 is 0 Å². The zero-order valence-electron chi connectivity index (χ0n) is 9.42. The summed E-state index contributed by atoms with van der Waals surface area (Å²) in [5.74, 6) is 1.43. The van der Waals surface area contributed by atoms with Gasteiger partial charge in [-0.05, 0) is 19.2 Å². The SMILES string of the molecule is CNCc1ncc(-c2cnn3ccccc23)o1. The minimum atomic E-state index is 0.624. The molecule has 3 heterocycles. The van der Waals surface area contributed by atoms with Crippen molar-refractivity contribution in [3.8, 4) is 11.3 Å². The van der Waals surface area contributed by atoms with Gasteiger partial charge in [-0.15, -0.1) is 0 Å². The number of aromatic nitrogens is 3. The highest BCUT2D eigenvalue weighted by Crippen LogP contribution is 2.24. The number of hydrogen-bond donors (Lipinski definition) is 1. The van der Waals surface area contributed by atoms with E-state index in [2.05, 4.69) is 15.4 Å². The summed E-state index contributed by atoms with van der Waals surface area (Å²) in [6.07, 6.45) is 5.43. The number of nitrogens with one attached hydrogen (secondary N) is 1. The lowest BCUT2D eigenvalue weighted by atomic mass is 10.2. The van der Waals surface area contributed by atoms with Gasteiger partial charge in [-0.25, -0.2) is 9.50 Å². The van der Waals surface area contributed by atoms with Gasteiger partial charge in [0, 0.05) is 6.20 Å². The van der Waals surface area contributed by atoms with E-state index in [1.54, 1.807) is 12.4 Å². The molecule has 86 valence electrons. The lowest BCUT2D eigenvalue weighted by molar-refractivity contribution is 0.491. The highest BCUT2D eigenvalue weighted by Gasteiger charge is 2.10. The van der Waals surface area contributed by atoms with Crippen molar-refractivity contribution >= 4 is 5.52 Å². The first-order valence-electron chi connectivity index (χ1n) is 5.40. The minimum Gasteiger partial charge on any atom is -0.439 e. The lowest BCUT2D eigenvalue weighted by Crippen LogP contribution is -2.04. The zero-order chi connectivity index (χ0) is 11.7. The summed E-state index contributed by atoms with van der Waals surface area (Å²) >= 11 is 0. The van der Waals surface area contributed by atoms with Crippen molar-refractivity contribution in [2.75, 3.05) is 7.05 Å². The Morgan fingerprint density at radius 1 is 1.35 bits per heavy atom. The smallest absolute Gasteiger partial charge is 0.208 e. The van der Waals surface area contributed by atoms with E-state index in [9.17, 15) is 0 Å². The highest BCUT2D eigenvalue weighted by atomic mass is 16.4. The monoisotopic (exact) mass is 228 g/mol. The van der Waals surface area contributed by atoms with Crippen molar-refractivity contribution in [1.29, 1.82) is 0 Å². The number of oxazole rings is 1. The molecule has 0 saturated carbocycles. The number of pyridine rings is 1. The summed E-state index contributed by atoms with van der Waals surface area (Å²) in [5.41, 5.74) is 1.97. The first-order valence-corrected chi connectivity index (χ1v) is 5.40. The second kappa shape index (κ2) is 4.03. The summed E-state index contributed by atoms with van der Waals surface area (Å²) in [5, 5.41) is 7.27. The van der Waals surface area contributed by atoms with Gasteiger partial charge in [-0.3, -0.25) is 0 Å². The van der Waals surface area contributed by atoms with Crippen LogP contribution in [0.15, 0.2) is 41.2 Å². The molecular formula is C12H12N4O. The van der Waals surface area contributed by atoms with Crippen LogP contribution in [0.1, 0.15) is 5.89 Å². The average molecular weight is 228 g/mol. The van der Waals surface area contributed by atoms with Gasteiger partial charge in [-0.2, -0.15) is 5.10 Å². The molecule has 5 heteroatoms. The third-order valence-corrected chi connectivity index (χ3v) is 2.57. The molecule has 0 spiro atoms. The number of rotatable bonds is 3. The fourth-order valence-corrected chi connectivity index (χ4v) is 1.79. The van der Waals surface area contributed by atoms with Crippen LogP contribution in [0.2, 0.25) is 0 Å². The maximum Gasteiger partial charge on any atom is 0.208 e. The van der Waals surface area contributed by atoms with Gasteiger partial charge in [0.15, 0.2) is 5.76 Å². The van der Waals surface area contributed by atoms with Crippen LogP contribution < -0.4 is 5.32 Å². The molecule has 3 aromatic heterocycles. The Balaban J connectivity index is 2.07. The second-order valence-corrected chi connectivity index (χ2v) is 3.74. The summed E-state index contributed by atoms with van der Waals surface area (Å²) in [4.78, 5) is 4.20. The highest BCUT2D eigenvalue weighted by molar-refractivity contribution is 5.76. The third kappa shape index (κ3) is 1.70. The predicted octanol–water partition coefficient (Wildman–Crippen LogP) is 1.71. The fourth-order valence-electron chi connectivity index (χ4n) is 1.79. The van der Waals surface area contributed by atoms with Crippen LogP contribution in [0.3, 0.4) is 0 Å². The van der Waals surface area contributed by atoms with Gasteiger partial charge in [0.1, 0.15) is 0 Å². The van der Waals surface area contributed by atoms with Crippen LogP contribution in [0, 0.1) is 0 Å². The third-order valence-electron chi connectivity index (χ3n) is 2.57. The van der Waals surface area contributed by atoms with Crippen LogP contribution in [0.4, 0.5) is 0 Å². The fraction of sp³-hybridized carbons (Fsp3) is 0.167. The summed E-state index contributed by atoms with van der Waals surface area (Å²) in [6.45, 7) is 0.624. The lowest BCUT2D eigenvalue weighted by Gasteiger charge is -1.94. The molecule has 0 aliphatic heterocycles. The Bertz CT molecular complexity index is 641. The molecular weight excluding hydrogens is 216 g/mol. The van der Waals surface area contributed by atoms with Crippen LogP contribution in [-0.4, -0.2) is 21.6 Å². The van der Waals surface area contributed by atoms with E-state index in [0.717, 1.165) is 16.8 Å². The van der Waals surface area contributed by atoms with Crippen LogP contribution in [-0.2, 0) is 6.54 Å². The summed E-state index contributed by atoms with van der Waals surface area (Å²) in [6, 6.07) is 5.92. The Hall–Kier alpha value is -2.14. The van der Waals surface area contributed by atoms with Crippen molar-refractivity contribution in [1.82, 2.24) is 19.9 Å². The Labute approximate surface area is 98.1 Å². The van der Waals surface area contributed by atoms with Crippen molar-refractivity contribution in [3.05, 3.63) is 42.7 Å². The zero-order valence-corrected chi connectivity index (χ0v) is 9.42. The molecule has 0 atom stereocenters. The topological polar surface area (TPSA) is 55.4 Å². The van der Waals surface area contributed by atoms with Gasteiger partial charge in [0.05, 0.1) is 30.0 Å². The van der Waals surface area contributed by atoms with Gasteiger partial charge in [0.2, 0.25) is 5.89 Å². The van der Waals surface area contributed by atoms with E-state index in [0.29, 0.717) is 12.4 Å². The largest absolute Gasteiger partial charge is 0.439 e. The molecule has 0 bridgehead atoms. The van der Waals surface area contributed by atoms with Crippen molar-refractivity contribution in [3.63, 3.8) is 0 Å². The molecule has 3 rings (SSSR count). The van der Waals surface area contributed by atoms with Crippen molar-refractivity contribution < 1.29 is 4.42 Å². The molecule has 0 saturated heterocycles. The van der Waals surface area contributed by atoms with E-state index in [1.807, 2.05) is 36.0 Å². The Kier molecular flexibility index (Phi) is 2.38. The molecule has 0 aliphatic carbocycles. The van der Waals surface area contributed by atoms with Crippen molar-refractivity contribution in [2.24, 2.45) is 0 Å². The average Bonchev–Trinajstić information content (AvgIpc) is 2.95. The van der Waals surface area contributed by atoms with E-state index < -0.39 is 0 Å². The van der Waals surface area contributed by atoms with Gasteiger partial charge in [0.25, 0.3) is 0 Å². The molecule has 0 fully saturated rings. The second-order valence-electron chi connectivity index (χ2n) is 3.74. The molecule has 17 heavy (non-hydrogen) atoms. The van der Waals surface area contributed by atoms with Crippen LogP contribution in [0.5, 0.6) is 0 Å². The summed E-state index contributed by atoms with van der Waals surface area (Å²) in [7, 11) is 1.86. The molecule has 5 nitrogen and oxygen atoms in total. The predicted molar refractivity (Wildman–Crippen MR) is 63.5 cm³/mol. The van der Waals surface area contributed by atoms with E-state index in [1.165, 1.54) is 0 Å². The maximum absolute atomic E-state index is 5.65. The van der Waals surface area contributed by atoms with Gasteiger partial charge >= 0.3 is 0 Å². The quantitative estimate of drug-likeness (QED) is 0.741. The van der Waals surface area contributed by atoms with E-state index in [4.69, 9.17) is 4.42 Å². The van der Waals surface area contributed by atoms with Crippen molar-refractivity contribution in [2.45, 2.75) is 6.54 Å². The normalized spacial score (nSPS) is 11.1. The molecule has 0 unspecified atom stereocenters. The molecule has 0 aliphatic rings. The number of hydrogen-bond acceptors (Lipinski definition) is 4. The number of fused-ring (bicyclic) bond motifs is 1. The first kappa shape index (κ1) is 10.0. The van der Waals surface area contributed by atoms with Gasteiger partial charge in [-0.1, -0.05) is 6.07 Å². The molecule has 0 radical (unpaired) electrons. The standard InChI is InChI=1S/C12H12N4O/c1-13-8-12-14-7-11(17-12)9-6-15-16-5-3-2-4-10(9)16/h2-7,13H,8H2,1H3. The van der Waals surface area contributed by atoms with E-state index in [-0.39, 0.29) is 0 Å². The summed E-state index contributed by atoms with van der Waals surface area (Å²) < 4.78 is 7.46. The molecule has 0 amide bonds. The number of nitrogens with zero attached hydrogens (tertiary/aromatic N) is 3. The van der Waals surface area contributed by atoms with E-state index >= 15 is 0 Å². The Morgan fingerprint density at radius 3 is 3.18 bits per heavy atom. The minimum absolute atomic E-state index is 0.624. The molecule has 0 aromatic carbocycles.